The molecule has 0 fully saturated rings. The first kappa shape index (κ1) is 21.0. The number of nitrogens with zero attached hydrogens (tertiary/aromatic N) is 1. The summed E-state index contributed by atoms with van der Waals surface area (Å²) in [4.78, 5) is 16.6. The van der Waals surface area contributed by atoms with E-state index in [9.17, 15) is 18.0 Å². The fourth-order valence-corrected chi connectivity index (χ4v) is 2.46. The number of carbonyl (C=O) groups is 1. The Morgan fingerprint density at radius 1 is 0.929 bits per heavy atom. The van der Waals surface area contributed by atoms with E-state index in [0.717, 1.165) is 6.07 Å². The zero-order valence-electron chi connectivity index (χ0n) is 15.2. The normalized spacial score (nSPS) is 12.5. The van der Waals surface area contributed by atoms with E-state index in [2.05, 4.69) is 5.16 Å². The molecule has 0 spiro atoms. The summed E-state index contributed by atoms with van der Waals surface area (Å²) in [6.45, 7) is 0. The second kappa shape index (κ2) is 9.55. The summed E-state index contributed by atoms with van der Waals surface area (Å²) in [6, 6.07) is 12.2. The van der Waals surface area contributed by atoms with Crippen LogP contribution in [0.2, 0.25) is 0 Å². The van der Waals surface area contributed by atoms with Crippen molar-refractivity contribution in [3.8, 4) is 0 Å². The van der Waals surface area contributed by atoms with Gasteiger partial charge in [-0.3, -0.25) is 0 Å². The predicted octanol–water partition coefficient (Wildman–Crippen LogP) is 4.96. The fraction of sp³-hybridized carbons (Fsp3) is 0.143. The third kappa shape index (κ3) is 5.33. The first-order valence-corrected chi connectivity index (χ1v) is 8.18. The van der Waals surface area contributed by atoms with Gasteiger partial charge in [-0.25, -0.2) is 4.79 Å². The van der Waals surface area contributed by atoms with Gasteiger partial charge in [0, 0.05) is 5.56 Å². The molecule has 28 heavy (non-hydrogen) atoms. The molecule has 0 radical (unpaired) electrons. The van der Waals surface area contributed by atoms with Gasteiger partial charge in [-0.15, -0.1) is 0 Å². The van der Waals surface area contributed by atoms with Crippen molar-refractivity contribution < 1.29 is 27.5 Å². The molecule has 0 heterocycles. The molecule has 2 rings (SSSR count). The van der Waals surface area contributed by atoms with Gasteiger partial charge in [0.05, 0.1) is 12.7 Å². The number of benzene rings is 2. The average Bonchev–Trinajstić information content (AvgIpc) is 2.69. The van der Waals surface area contributed by atoms with E-state index >= 15 is 0 Å². The van der Waals surface area contributed by atoms with Crippen LogP contribution in [0.1, 0.15) is 22.3 Å². The second-order valence-electron chi connectivity index (χ2n) is 5.50. The number of rotatable bonds is 6. The minimum absolute atomic E-state index is 0.0170. The Balaban J connectivity index is 2.31. The molecule has 146 valence electrons. The number of carbonyl (C=O) groups excluding carboxylic acids is 1. The zero-order valence-corrected chi connectivity index (χ0v) is 15.2. The Hall–Kier alpha value is -3.35. The summed E-state index contributed by atoms with van der Waals surface area (Å²) in [7, 11) is 2.54. The Morgan fingerprint density at radius 3 is 2.11 bits per heavy atom. The van der Waals surface area contributed by atoms with Gasteiger partial charge in [0.1, 0.15) is 7.11 Å². The quantitative estimate of drug-likeness (QED) is 0.304. The summed E-state index contributed by atoms with van der Waals surface area (Å²) >= 11 is 0. The molecule has 2 aromatic carbocycles. The van der Waals surface area contributed by atoms with Crippen molar-refractivity contribution >= 4 is 23.8 Å². The van der Waals surface area contributed by atoms with Crippen molar-refractivity contribution in [1.29, 1.82) is 0 Å². The number of allylic oxidation sites excluding steroid dienone is 2. The van der Waals surface area contributed by atoms with Gasteiger partial charge in [-0.1, -0.05) is 71.9 Å². The number of oxime groups is 1. The molecular formula is C21H18F3NO3. The summed E-state index contributed by atoms with van der Waals surface area (Å²) in [5.41, 5.74) is 0.426. The SMILES string of the molecule is CO/N=C(\C(=O)OC)c1ccccc1/C=C/C=C/c1ccccc1C(F)(F)F. The number of halogens is 3. The monoisotopic (exact) mass is 389 g/mol. The van der Waals surface area contributed by atoms with E-state index in [-0.39, 0.29) is 11.3 Å². The standard InChI is InChI=1S/C21H18F3NO3/c1-27-20(26)19(25-28-2)17-13-7-5-10-15(17)9-3-4-11-16-12-6-8-14-18(16)21(22,23)24/h3-14H,1-2H3/b9-3+,11-4+,25-19-. The molecule has 2 aromatic rings. The summed E-state index contributed by atoms with van der Waals surface area (Å²) in [5, 5.41) is 3.71. The maximum Gasteiger partial charge on any atom is 0.416 e. The summed E-state index contributed by atoms with van der Waals surface area (Å²) in [5.74, 6) is -0.669. The van der Waals surface area contributed by atoms with Crippen LogP contribution >= 0.6 is 0 Å². The van der Waals surface area contributed by atoms with E-state index in [1.54, 1.807) is 36.4 Å². The van der Waals surface area contributed by atoms with Crippen molar-refractivity contribution in [2.24, 2.45) is 5.16 Å². The molecule has 4 nitrogen and oxygen atoms in total. The fourth-order valence-electron chi connectivity index (χ4n) is 2.46. The summed E-state index contributed by atoms with van der Waals surface area (Å²) < 4.78 is 43.8. The largest absolute Gasteiger partial charge is 0.464 e. The molecule has 0 saturated heterocycles. The van der Waals surface area contributed by atoms with E-state index in [1.165, 1.54) is 44.6 Å². The number of hydrogen-bond acceptors (Lipinski definition) is 4. The van der Waals surface area contributed by atoms with E-state index < -0.39 is 17.7 Å². The Bertz CT molecular complexity index is 915. The highest BCUT2D eigenvalue weighted by Gasteiger charge is 2.32. The van der Waals surface area contributed by atoms with Gasteiger partial charge in [0.25, 0.3) is 0 Å². The molecule has 0 saturated carbocycles. The molecule has 0 amide bonds. The zero-order chi connectivity index (χ0) is 20.6. The molecule has 0 N–H and O–H groups in total. The van der Waals surface area contributed by atoms with Crippen molar-refractivity contribution in [2.75, 3.05) is 14.2 Å². The van der Waals surface area contributed by atoms with Crippen LogP contribution in [0.3, 0.4) is 0 Å². The summed E-state index contributed by atoms with van der Waals surface area (Å²) in [6.07, 6.45) is 1.66. The number of hydrogen-bond donors (Lipinski definition) is 0. The molecule has 0 unspecified atom stereocenters. The van der Waals surface area contributed by atoms with Crippen molar-refractivity contribution in [3.63, 3.8) is 0 Å². The third-order valence-electron chi connectivity index (χ3n) is 3.71. The van der Waals surface area contributed by atoms with Gasteiger partial charge in [0.15, 0.2) is 5.71 Å². The van der Waals surface area contributed by atoms with Crippen LogP contribution in [0.4, 0.5) is 13.2 Å². The van der Waals surface area contributed by atoms with Crippen LogP contribution in [-0.2, 0) is 20.5 Å². The Labute approximate surface area is 160 Å². The first-order valence-electron chi connectivity index (χ1n) is 8.18. The lowest BCUT2D eigenvalue weighted by Crippen LogP contribution is -2.18. The lowest BCUT2D eigenvalue weighted by Gasteiger charge is -2.09. The highest BCUT2D eigenvalue weighted by atomic mass is 19.4. The van der Waals surface area contributed by atoms with Crippen molar-refractivity contribution in [2.45, 2.75) is 6.18 Å². The molecule has 0 aliphatic carbocycles. The van der Waals surface area contributed by atoms with E-state index in [4.69, 9.17) is 9.57 Å². The second-order valence-corrected chi connectivity index (χ2v) is 5.50. The molecule has 0 aliphatic rings. The average molecular weight is 389 g/mol. The van der Waals surface area contributed by atoms with Crippen LogP contribution < -0.4 is 0 Å². The molecule has 7 heteroatoms. The van der Waals surface area contributed by atoms with Gasteiger partial charge in [-0.05, 0) is 17.2 Å². The number of ether oxygens (including phenoxy) is 1. The minimum atomic E-state index is -4.43. The number of alkyl halides is 3. The van der Waals surface area contributed by atoms with Crippen molar-refractivity contribution in [1.82, 2.24) is 0 Å². The van der Waals surface area contributed by atoms with E-state index in [0.29, 0.717) is 11.1 Å². The van der Waals surface area contributed by atoms with Crippen molar-refractivity contribution in [3.05, 3.63) is 82.9 Å². The van der Waals surface area contributed by atoms with Gasteiger partial charge >= 0.3 is 12.1 Å². The molecule has 0 bridgehead atoms. The molecule has 0 atom stereocenters. The minimum Gasteiger partial charge on any atom is -0.464 e. The number of methoxy groups -OCH3 is 1. The Kier molecular flexibility index (Phi) is 7.14. The smallest absolute Gasteiger partial charge is 0.416 e. The van der Waals surface area contributed by atoms with Gasteiger partial charge < -0.3 is 9.57 Å². The number of esters is 1. The third-order valence-corrected chi connectivity index (χ3v) is 3.71. The Morgan fingerprint density at radius 2 is 1.50 bits per heavy atom. The van der Waals surface area contributed by atoms with Crippen LogP contribution in [0, 0.1) is 0 Å². The lowest BCUT2D eigenvalue weighted by atomic mass is 10.0. The highest BCUT2D eigenvalue weighted by molar-refractivity contribution is 6.43. The van der Waals surface area contributed by atoms with Crippen LogP contribution in [0.15, 0.2) is 65.8 Å². The molecular weight excluding hydrogens is 371 g/mol. The topological polar surface area (TPSA) is 47.9 Å². The molecule has 0 aromatic heterocycles. The van der Waals surface area contributed by atoms with E-state index in [1.807, 2.05) is 0 Å². The van der Waals surface area contributed by atoms with Crippen LogP contribution in [-0.4, -0.2) is 25.9 Å². The maximum absolute atomic E-state index is 13.0. The van der Waals surface area contributed by atoms with Gasteiger partial charge in [0.2, 0.25) is 0 Å². The highest BCUT2D eigenvalue weighted by Crippen LogP contribution is 2.32. The van der Waals surface area contributed by atoms with Gasteiger partial charge in [-0.2, -0.15) is 13.2 Å². The molecule has 0 aliphatic heterocycles. The lowest BCUT2D eigenvalue weighted by molar-refractivity contribution is -0.137. The van der Waals surface area contributed by atoms with Crippen LogP contribution in [0.25, 0.3) is 12.2 Å². The predicted molar refractivity (Wildman–Crippen MR) is 102 cm³/mol. The van der Waals surface area contributed by atoms with Crippen LogP contribution in [0.5, 0.6) is 0 Å². The maximum atomic E-state index is 13.0. The first-order chi connectivity index (χ1) is 13.4.